The SMILES string of the molecule is COc1ccc(/C=C(/NC(=O)c2ccccc2)C(=O)Nc2cccc(SC(C(=O)Nc3cccc(C)c3C)c3ccccc3)c2)cc1OC. The van der Waals surface area contributed by atoms with Crippen molar-refractivity contribution >= 4 is 46.9 Å². The molecule has 0 bridgehead atoms. The summed E-state index contributed by atoms with van der Waals surface area (Å²) in [7, 11) is 3.06. The van der Waals surface area contributed by atoms with Crippen LogP contribution >= 0.6 is 11.8 Å². The van der Waals surface area contributed by atoms with Crippen molar-refractivity contribution in [3.63, 3.8) is 0 Å². The molecule has 8 nitrogen and oxygen atoms in total. The first kappa shape index (κ1) is 34.5. The van der Waals surface area contributed by atoms with Crippen molar-refractivity contribution < 1.29 is 23.9 Å². The highest BCUT2D eigenvalue weighted by Gasteiger charge is 2.23. The molecule has 5 aromatic carbocycles. The second-order valence-electron chi connectivity index (χ2n) is 11.1. The van der Waals surface area contributed by atoms with E-state index in [1.165, 1.54) is 26.0 Å². The van der Waals surface area contributed by atoms with Crippen LogP contribution in [0.1, 0.15) is 37.9 Å². The summed E-state index contributed by atoms with van der Waals surface area (Å²) >= 11 is 1.37. The summed E-state index contributed by atoms with van der Waals surface area (Å²) in [5.74, 6) is -0.126. The predicted molar refractivity (Wildman–Crippen MR) is 196 cm³/mol. The van der Waals surface area contributed by atoms with Crippen molar-refractivity contribution in [1.29, 1.82) is 0 Å². The Hall–Kier alpha value is -5.80. The van der Waals surface area contributed by atoms with Crippen LogP contribution in [0.5, 0.6) is 11.5 Å². The number of amides is 3. The second kappa shape index (κ2) is 16.3. The van der Waals surface area contributed by atoms with Gasteiger partial charge in [-0.1, -0.05) is 72.8 Å². The highest BCUT2D eigenvalue weighted by molar-refractivity contribution is 8.00. The molecule has 0 aliphatic heterocycles. The van der Waals surface area contributed by atoms with E-state index < -0.39 is 17.1 Å². The lowest BCUT2D eigenvalue weighted by atomic mass is 10.1. The van der Waals surface area contributed by atoms with Crippen LogP contribution in [0.2, 0.25) is 0 Å². The second-order valence-corrected chi connectivity index (χ2v) is 12.3. The molecule has 0 heterocycles. The number of benzene rings is 5. The molecule has 3 amide bonds. The number of rotatable bonds is 12. The van der Waals surface area contributed by atoms with E-state index in [1.54, 1.807) is 60.7 Å². The van der Waals surface area contributed by atoms with Gasteiger partial charge < -0.3 is 25.4 Å². The van der Waals surface area contributed by atoms with E-state index in [0.717, 1.165) is 27.3 Å². The number of carbonyl (C=O) groups excluding carboxylic acids is 3. The van der Waals surface area contributed by atoms with E-state index in [-0.39, 0.29) is 11.6 Å². The van der Waals surface area contributed by atoms with E-state index in [0.29, 0.717) is 28.3 Å². The molecule has 9 heteroatoms. The Morgan fingerprint density at radius 1 is 0.714 bits per heavy atom. The van der Waals surface area contributed by atoms with E-state index >= 15 is 0 Å². The maximum atomic E-state index is 13.8. The van der Waals surface area contributed by atoms with E-state index in [4.69, 9.17) is 9.47 Å². The summed E-state index contributed by atoms with van der Waals surface area (Å²) in [4.78, 5) is 41.4. The monoisotopic (exact) mass is 671 g/mol. The molecule has 1 atom stereocenters. The minimum Gasteiger partial charge on any atom is -0.493 e. The minimum atomic E-state index is -0.572. The van der Waals surface area contributed by atoms with Crippen LogP contribution in [0.4, 0.5) is 11.4 Å². The fourth-order valence-electron chi connectivity index (χ4n) is 5.02. The Labute approximate surface area is 290 Å². The molecule has 1 unspecified atom stereocenters. The minimum absolute atomic E-state index is 0.0224. The van der Waals surface area contributed by atoms with E-state index in [2.05, 4.69) is 16.0 Å². The molecule has 3 N–H and O–H groups in total. The van der Waals surface area contributed by atoms with Gasteiger partial charge >= 0.3 is 0 Å². The summed E-state index contributed by atoms with van der Waals surface area (Å²) in [6.45, 7) is 3.99. The molecule has 5 rings (SSSR count). The number of hydrogen-bond acceptors (Lipinski definition) is 6. The Morgan fingerprint density at radius 3 is 2.12 bits per heavy atom. The summed E-state index contributed by atoms with van der Waals surface area (Å²) in [6, 6.07) is 36.5. The Morgan fingerprint density at radius 2 is 1.41 bits per heavy atom. The van der Waals surface area contributed by atoms with Gasteiger partial charge in [0.05, 0.1) is 14.2 Å². The number of methoxy groups -OCH3 is 2. The van der Waals surface area contributed by atoms with Crippen molar-refractivity contribution in [2.75, 3.05) is 24.9 Å². The summed E-state index contributed by atoms with van der Waals surface area (Å²) in [5.41, 5.74) is 5.22. The number of ether oxygens (including phenoxy) is 2. The van der Waals surface area contributed by atoms with Gasteiger partial charge in [0.15, 0.2) is 11.5 Å². The molecule has 0 aromatic heterocycles. The Bertz CT molecular complexity index is 1980. The van der Waals surface area contributed by atoms with Gasteiger partial charge in [-0.05, 0) is 90.7 Å². The molecule has 49 heavy (non-hydrogen) atoms. The van der Waals surface area contributed by atoms with Crippen LogP contribution in [0.25, 0.3) is 6.08 Å². The molecule has 0 radical (unpaired) electrons. The topological polar surface area (TPSA) is 106 Å². The maximum absolute atomic E-state index is 13.8. The molecule has 0 aliphatic rings. The van der Waals surface area contributed by atoms with Crippen molar-refractivity contribution in [1.82, 2.24) is 5.32 Å². The molecule has 0 saturated heterocycles. The first-order valence-electron chi connectivity index (χ1n) is 15.6. The first-order chi connectivity index (χ1) is 23.7. The average molecular weight is 672 g/mol. The molecule has 0 spiro atoms. The van der Waals surface area contributed by atoms with Gasteiger partial charge in [0, 0.05) is 21.8 Å². The summed E-state index contributed by atoms with van der Waals surface area (Å²) < 4.78 is 10.8. The van der Waals surface area contributed by atoms with Crippen LogP contribution in [0, 0.1) is 13.8 Å². The standard InChI is InChI=1S/C40H37N3O5S/c1-26-13-11-20-33(27(26)2)42-40(46)37(29-14-7-5-8-15-29)49-32-19-12-18-31(25-32)41-39(45)34(43-38(44)30-16-9-6-10-17-30)23-28-21-22-35(47-3)36(24-28)48-4/h5-25,37H,1-4H3,(H,41,45)(H,42,46)(H,43,44)/b34-23+. The fraction of sp³-hybridized carbons (Fsp3) is 0.125. The third kappa shape index (κ3) is 8.97. The van der Waals surface area contributed by atoms with Crippen LogP contribution < -0.4 is 25.4 Å². The highest BCUT2D eigenvalue weighted by Crippen LogP contribution is 2.37. The molecular formula is C40H37N3O5S. The summed E-state index contributed by atoms with van der Waals surface area (Å²) in [6.07, 6.45) is 1.57. The molecular weight excluding hydrogens is 635 g/mol. The van der Waals surface area contributed by atoms with Crippen LogP contribution in [0.15, 0.2) is 132 Å². The van der Waals surface area contributed by atoms with Crippen LogP contribution in [0.3, 0.4) is 0 Å². The first-order valence-corrected chi connectivity index (χ1v) is 16.4. The zero-order valence-corrected chi connectivity index (χ0v) is 28.5. The molecule has 5 aromatic rings. The lowest BCUT2D eigenvalue weighted by Crippen LogP contribution is -2.30. The van der Waals surface area contributed by atoms with Gasteiger partial charge in [0.1, 0.15) is 10.9 Å². The number of thioether (sulfide) groups is 1. The maximum Gasteiger partial charge on any atom is 0.272 e. The third-order valence-corrected chi connectivity index (χ3v) is 9.04. The number of nitrogens with one attached hydrogen (secondary N) is 3. The smallest absolute Gasteiger partial charge is 0.272 e. The zero-order valence-electron chi connectivity index (χ0n) is 27.7. The Kier molecular flexibility index (Phi) is 11.5. The molecule has 0 aliphatic carbocycles. The average Bonchev–Trinajstić information content (AvgIpc) is 3.13. The Balaban J connectivity index is 1.41. The zero-order chi connectivity index (χ0) is 34.8. The van der Waals surface area contributed by atoms with Crippen molar-refractivity contribution in [2.24, 2.45) is 0 Å². The third-order valence-electron chi connectivity index (χ3n) is 7.80. The number of aryl methyl sites for hydroxylation is 1. The quantitative estimate of drug-likeness (QED) is 0.0913. The number of hydrogen-bond donors (Lipinski definition) is 3. The summed E-state index contributed by atoms with van der Waals surface area (Å²) in [5, 5.41) is 8.21. The number of anilines is 2. The predicted octanol–water partition coefficient (Wildman–Crippen LogP) is 8.20. The van der Waals surface area contributed by atoms with Crippen molar-refractivity contribution in [3.05, 3.63) is 155 Å². The van der Waals surface area contributed by atoms with Crippen molar-refractivity contribution in [2.45, 2.75) is 24.0 Å². The van der Waals surface area contributed by atoms with Gasteiger partial charge in [-0.2, -0.15) is 0 Å². The van der Waals surface area contributed by atoms with Crippen molar-refractivity contribution in [3.8, 4) is 11.5 Å². The largest absolute Gasteiger partial charge is 0.493 e. The molecule has 0 fully saturated rings. The molecule has 248 valence electrons. The van der Waals surface area contributed by atoms with E-state index in [9.17, 15) is 14.4 Å². The van der Waals surface area contributed by atoms with Crippen LogP contribution in [-0.2, 0) is 9.59 Å². The lowest BCUT2D eigenvalue weighted by Gasteiger charge is -2.19. The van der Waals surface area contributed by atoms with Gasteiger partial charge in [-0.25, -0.2) is 0 Å². The lowest BCUT2D eigenvalue weighted by molar-refractivity contribution is -0.116. The van der Waals surface area contributed by atoms with Gasteiger partial charge in [0.25, 0.3) is 11.8 Å². The fourth-order valence-corrected chi connectivity index (χ4v) is 6.10. The normalized spacial score (nSPS) is 11.6. The number of carbonyl (C=O) groups is 3. The molecule has 0 saturated carbocycles. The van der Waals surface area contributed by atoms with Gasteiger partial charge in [-0.15, -0.1) is 11.8 Å². The van der Waals surface area contributed by atoms with E-state index in [1.807, 2.05) is 80.6 Å². The van der Waals surface area contributed by atoms with Gasteiger partial charge in [-0.3, -0.25) is 14.4 Å². The van der Waals surface area contributed by atoms with Crippen LogP contribution in [-0.4, -0.2) is 31.9 Å². The highest BCUT2D eigenvalue weighted by atomic mass is 32.2. The van der Waals surface area contributed by atoms with Gasteiger partial charge in [0.2, 0.25) is 5.91 Å².